The van der Waals surface area contributed by atoms with Crippen LogP contribution in [0.3, 0.4) is 0 Å². The van der Waals surface area contributed by atoms with E-state index in [1.54, 1.807) is 17.9 Å². The fraction of sp³-hybridized carbons (Fsp3) is 0.429. The maximum atomic E-state index is 13.3. The molecule has 1 aliphatic rings. The van der Waals surface area contributed by atoms with E-state index in [2.05, 4.69) is 27.8 Å². The average Bonchev–Trinajstić information content (AvgIpc) is 2.80. The molecule has 1 saturated carbocycles. The summed E-state index contributed by atoms with van der Waals surface area (Å²) < 4.78 is 39.2. The monoisotopic (exact) mass is 620 g/mol. The van der Waals surface area contributed by atoms with Crippen molar-refractivity contribution in [1.82, 2.24) is 4.90 Å². The van der Waals surface area contributed by atoms with E-state index in [4.69, 9.17) is 9.47 Å². The number of anilines is 1. The van der Waals surface area contributed by atoms with E-state index in [-0.39, 0.29) is 41.4 Å². The fourth-order valence-electron chi connectivity index (χ4n) is 3.98. The Balaban J connectivity index is 1.65. The van der Waals surface area contributed by atoms with Gasteiger partial charge in [-0.1, -0.05) is 27.8 Å². The first kappa shape index (κ1) is 30.3. The number of rotatable bonds is 8. The van der Waals surface area contributed by atoms with Crippen molar-refractivity contribution in [3.63, 3.8) is 0 Å². The lowest BCUT2D eigenvalue weighted by Gasteiger charge is -2.37. The van der Waals surface area contributed by atoms with Gasteiger partial charge in [0, 0.05) is 17.6 Å². The number of nitrogens with zero attached hydrogens (tertiary/aromatic N) is 2. The number of ether oxygens (including phenoxy) is 2. The third-order valence-electron chi connectivity index (χ3n) is 6.12. The number of halogens is 1. The molecule has 0 spiro atoms. The van der Waals surface area contributed by atoms with Crippen molar-refractivity contribution < 1.29 is 32.6 Å². The Hall–Kier alpha value is -3.23. The molecule has 11 heteroatoms. The van der Waals surface area contributed by atoms with E-state index in [1.807, 2.05) is 20.8 Å². The third-order valence-corrected chi connectivity index (χ3v) is 8.35. The Morgan fingerprint density at radius 3 is 2.31 bits per heavy atom. The molecule has 0 aliphatic heterocycles. The minimum Gasteiger partial charge on any atom is -0.481 e. The molecule has 1 fully saturated rings. The molecule has 2 aromatic rings. The van der Waals surface area contributed by atoms with Crippen LogP contribution in [0.25, 0.3) is 0 Å². The molecule has 0 radical (unpaired) electrons. The Bertz CT molecular complexity index is 1390. The van der Waals surface area contributed by atoms with E-state index in [0.29, 0.717) is 15.8 Å². The Morgan fingerprint density at radius 2 is 1.77 bits per heavy atom. The van der Waals surface area contributed by atoms with Gasteiger partial charge < -0.3 is 14.6 Å². The zero-order chi connectivity index (χ0) is 29.0. The highest BCUT2D eigenvalue weighted by Crippen LogP contribution is 2.32. The Kier molecular flexibility index (Phi) is 9.56. The van der Waals surface area contributed by atoms with E-state index in [9.17, 15) is 23.1 Å². The van der Waals surface area contributed by atoms with Crippen LogP contribution in [0.5, 0.6) is 5.75 Å². The largest absolute Gasteiger partial charge is 0.481 e. The van der Waals surface area contributed by atoms with E-state index < -0.39 is 21.6 Å². The van der Waals surface area contributed by atoms with Gasteiger partial charge in [0.2, 0.25) is 0 Å². The number of aromatic carboxylic acids is 1. The van der Waals surface area contributed by atoms with Gasteiger partial charge in [-0.05, 0) is 88.9 Å². The molecule has 1 aliphatic carbocycles. The van der Waals surface area contributed by atoms with Crippen LogP contribution in [-0.2, 0) is 14.8 Å². The molecule has 210 valence electrons. The van der Waals surface area contributed by atoms with Crippen LogP contribution in [0.1, 0.15) is 56.0 Å². The number of carboxylic acid groups (broad SMARTS) is 1. The summed E-state index contributed by atoms with van der Waals surface area (Å²) in [4.78, 5) is 25.9. The van der Waals surface area contributed by atoms with Gasteiger partial charge in [0.05, 0.1) is 22.7 Å². The standard InChI is InChI=1S/C28H33BrN2O7S/c1-19-17-20(29)18-24(26(32)33)25(19)30(5)39(35,36)23-13-11-22(12-14-23)37-16-7-6-15-31(21-9-8-10-21)27(34)38-28(2,3)4/h11-14,17-18,21H,8-10,15-16H2,1-5H3,(H,32,33). The second-order valence-corrected chi connectivity index (χ2v) is 13.1. The van der Waals surface area contributed by atoms with Gasteiger partial charge in [-0.25, -0.2) is 18.0 Å². The van der Waals surface area contributed by atoms with Crippen molar-refractivity contribution in [2.45, 2.75) is 63.5 Å². The number of sulfonamides is 1. The molecule has 2 aromatic carbocycles. The van der Waals surface area contributed by atoms with Gasteiger partial charge in [0.1, 0.15) is 18.0 Å². The molecule has 0 atom stereocenters. The maximum absolute atomic E-state index is 13.3. The topological polar surface area (TPSA) is 113 Å². The number of benzene rings is 2. The Morgan fingerprint density at radius 1 is 1.13 bits per heavy atom. The quantitative estimate of drug-likeness (QED) is 0.390. The summed E-state index contributed by atoms with van der Waals surface area (Å²) in [5.41, 5.74) is -0.133. The molecule has 1 N–H and O–H groups in total. The SMILES string of the molecule is Cc1cc(Br)cc(C(=O)O)c1N(C)S(=O)(=O)c1ccc(OCC#CCN(C(=O)OC(C)(C)C)C2CCC2)cc1. The normalized spacial score (nSPS) is 13.5. The zero-order valence-corrected chi connectivity index (χ0v) is 25.1. The van der Waals surface area contributed by atoms with Crippen molar-refractivity contribution in [3.8, 4) is 17.6 Å². The lowest BCUT2D eigenvalue weighted by Crippen LogP contribution is -2.46. The van der Waals surface area contributed by atoms with Crippen molar-refractivity contribution in [3.05, 3.63) is 52.0 Å². The summed E-state index contributed by atoms with van der Waals surface area (Å²) in [6.07, 6.45) is 2.56. The number of hydrogen-bond acceptors (Lipinski definition) is 6. The number of hydrogen-bond donors (Lipinski definition) is 1. The summed E-state index contributed by atoms with van der Waals surface area (Å²) in [5, 5.41) is 9.61. The first-order chi connectivity index (χ1) is 18.2. The first-order valence-corrected chi connectivity index (χ1v) is 14.6. The number of carbonyl (C=O) groups is 2. The van der Waals surface area contributed by atoms with E-state index in [1.165, 1.54) is 37.4 Å². The molecule has 0 saturated heterocycles. The van der Waals surface area contributed by atoms with Crippen LogP contribution in [0.15, 0.2) is 45.8 Å². The summed E-state index contributed by atoms with van der Waals surface area (Å²) in [5.74, 6) is 5.03. The molecular weight excluding hydrogens is 588 g/mol. The molecule has 0 unspecified atom stereocenters. The van der Waals surface area contributed by atoms with Gasteiger partial charge in [0.15, 0.2) is 0 Å². The van der Waals surface area contributed by atoms with Gasteiger partial charge >= 0.3 is 12.1 Å². The molecule has 39 heavy (non-hydrogen) atoms. The minimum absolute atomic E-state index is 0.0180. The molecular formula is C28H33BrN2O7S. The van der Waals surface area contributed by atoms with Crippen LogP contribution in [0.4, 0.5) is 10.5 Å². The molecule has 1 amide bonds. The second kappa shape index (κ2) is 12.3. The van der Waals surface area contributed by atoms with Gasteiger partial charge in [-0.2, -0.15) is 0 Å². The predicted molar refractivity (Wildman–Crippen MR) is 152 cm³/mol. The van der Waals surface area contributed by atoms with Gasteiger partial charge in [-0.15, -0.1) is 0 Å². The van der Waals surface area contributed by atoms with E-state index in [0.717, 1.165) is 23.6 Å². The number of carbonyl (C=O) groups excluding carboxylic acids is 1. The molecule has 0 heterocycles. The van der Waals surface area contributed by atoms with Crippen LogP contribution in [-0.4, -0.2) is 62.3 Å². The summed E-state index contributed by atoms with van der Waals surface area (Å²) in [7, 11) is -2.72. The zero-order valence-electron chi connectivity index (χ0n) is 22.7. The number of aryl methyl sites for hydroxylation is 1. The van der Waals surface area contributed by atoms with Crippen LogP contribution >= 0.6 is 15.9 Å². The fourth-order valence-corrected chi connectivity index (χ4v) is 5.83. The lowest BCUT2D eigenvalue weighted by molar-refractivity contribution is 0.0109. The van der Waals surface area contributed by atoms with Crippen LogP contribution < -0.4 is 9.04 Å². The molecule has 0 aromatic heterocycles. The highest BCUT2D eigenvalue weighted by molar-refractivity contribution is 9.10. The summed E-state index contributed by atoms with van der Waals surface area (Å²) >= 11 is 3.26. The first-order valence-electron chi connectivity index (χ1n) is 12.4. The van der Waals surface area contributed by atoms with Gasteiger partial charge in [0.25, 0.3) is 10.0 Å². The predicted octanol–water partition coefficient (Wildman–Crippen LogP) is 5.45. The van der Waals surface area contributed by atoms with Gasteiger partial charge in [-0.3, -0.25) is 9.21 Å². The average molecular weight is 622 g/mol. The van der Waals surface area contributed by atoms with Crippen molar-refractivity contribution >= 4 is 43.7 Å². The third kappa shape index (κ3) is 7.67. The highest BCUT2D eigenvalue weighted by atomic mass is 79.9. The van der Waals surface area contributed by atoms with Crippen molar-refractivity contribution in [2.24, 2.45) is 0 Å². The number of carboxylic acids is 1. The van der Waals surface area contributed by atoms with E-state index >= 15 is 0 Å². The maximum Gasteiger partial charge on any atom is 0.411 e. The molecule has 9 nitrogen and oxygen atoms in total. The van der Waals surface area contributed by atoms with Crippen molar-refractivity contribution in [2.75, 3.05) is 24.5 Å². The summed E-state index contributed by atoms with van der Waals surface area (Å²) in [6, 6.07) is 8.97. The second-order valence-electron chi connectivity index (χ2n) is 10.2. The number of amides is 1. The molecule has 0 bridgehead atoms. The van der Waals surface area contributed by atoms with Crippen LogP contribution in [0, 0.1) is 18.8 Å². The van der Waals surface area contributed by atoms with Crippen molar-refractivity contribution in [1.29, 1.82) is 0 Å². The smallest absolute Gasteiger partial charge is 0.411 e. The minimum atomic E-state index is -4.04. The lowest BCUT2D eigenvalue weighted by atomic mass is 9.92. The highest BCUT2D eigenvalue weighted by Gasteiger charge is 2.31. The molecule has 3 rings (SSSR count). The van der Waals surface area contributed by atoms with Crippen LogP contribution in [0.2, 0.25) is 0 Å². The summed E-state index contributed by atoms with van der Waals surface area (Å²) in [6.45, 7) is 7.42. The Labute approximate surface area is 238 Å².